The lowest BCUT2D eigenvalue weighted by Gasteiger charge is -2.20. The number of halogens is 1. The van der Waals surface area contributed by atoms with Crippen LogP contribution in [0.4, 0.5) is 10.5 Å². The molecule has 20 heavy (non-hydrogen) atoms. The van der Waals surface area contributed by atoms with Gasteiger partial charge in [-0.1, -0.05) is 17.7 Å². The van der Waals surface area contributed by atoms with E-state index in [2.05, 4.69) is 5.32 Å². The SMILES string of the molecule is CC(C)(C)OC(=O)Nc1cc(CC(N)CO)ccc1Cl. The van der Waals surface area contributed by atoms with Gasteiger partial charge in [0.05, 0.1) is 17.3 Å². The van der Waals surface area contributed by atoms with Crippen molar-refractivity contribution < 1.29 is 14.6 Å². The van der Waals surface area contributed by atoms with E-state index in [1.54, 1.807) is 39.0 Å². The number of anilines is 1. The summed E-state index contributed by atoms with van der Waals surface area (Å²) < 4.78 is 5.17. The van der Waals surface area contributed by atoms with Crippen LogP contribution in [0, 0.1) is 0 Å². The summed E-state index contributed by atoms with van der Waals surface area (Å²) >= 11 is 6.03. The molecule has 1 rings (SSSR count). The van der Waals surface area contributed by atoms with Crippen LogP contribution < -0.4 is 11.1 Å². The molecule has 0 aliphatic rings. The van der Waals surface area contributed by atoms with Gasteiger partial charge >= 0.3 is 6.09 Å². The van der Waals surface area contributed by atoms with E-state index in [0.29, 0.717) is 17.1 Å². The Morgan fingerprint density at radius 2 is 2.15 bits per heavy atom. The molecule has 112 valence electrons. The third-order valence-electron chi connectivity index (χ3n) is 2.40. The quantitative estimate of drug-likeness (QED) is 0.798. The highest BCUT2D eigenvalue weighted by Gasteiger charge is 2.17. The summed E-state index contributed by atoms with van der Waals surface area (Å²) in [5, 5.41) is 12.0. The molecule has 6 heteroatoms. The van der Waals surface area contributed by atoms with Crippen molar-refractivity contribution in [3.05, 3.63) is 28.8 Å². The molecular weight excluding hydrogens is 280 g/mol. The Balaban J connectivity index is 2.79. The molecule has 0 spiro atoms. The molecule has 1 amide bonds. The number of carbonyl (C=O) groups excluding carboxylic acids is 1. The molecule has 0 saturated carbocycles. The van der Waals surface area contributed by atoms with Crippen molar-refractivity contribution in [3.8, 4) is 0 Å². The van der Waals surface area contributed by atoms with Crippen molar-refractivity contribution in [3.63, 3.8) is 0 Å². The van der Waals surface area contributed by atoms with Gasteiger partial charge in [0.1, 0.15) is 5.60 Å². The number of nitrogens with one attached hydrogen (secondary N) is 1. The molecule has 0 aliphatic heterocycles. The predicted octanol–water partition coefficient (Wildman–Crippen LogP) is 2.55. The average Bonchev–Trinajstić information content (AvgIpc) is 2.30. The number of ether oxygens (including phenoxy) is 1. The second-order valence-corrected chi connectivity index (χ2v) is 6.00. The Morgan fingerprint density at radius 1 is 1.50 bits per heavy atom. The zero-order chi connectivity index (χ0) is 15.3. The van der Waals surface area contributed by atoms with Crippen molar-refractivity contribution in [1.82, 2.24) is 0 Å². The third kappa shape index (κ3) is 5.77. The first-order valence-corrected chi connectivity index (χ1v) is 6.74. The number of amides is 1. The van der Waals surface area contributed by atoms with Gasteiger partial charge in [-0.2, -0.15) is 0 Å². The van der Waals surface area contributed by atoms with Gasteiger partial charge in [-0.25, -0.2) is 4.79 Å². The molecular formula is C14H21ClN2O3. The van der Waals surface area contributed by atoms with Crippen LogP contribution in [-0.2, 0) is 11.2 Å². The molecule has 0 heterocycles. The summed E-state index contributed by atoms with van der Waals surface area (Å²) in [5.74, 6) is 0. The second kappa shape index (κ2) is 6.92. The van der Waals surface area contributed by atoms with Crippen LogP contribution in [0.1, 0.15) is 26.3 Å². The first-order chi connectivity index (χ1) is 9.21. The predicted molar refractivity (Wildman–Crippen MR) is 80.1 cm³/mol. The van der Waals surface area contributed by atoms with E-state index in [9.17, 15) is 4.79 Å². The number of nitrogens with two attached hydrogens (primary N) is 1. The minimum Gasteiger partial charge on any atom is -0.444 e. The van der Waals surface area contributed by atoms with Gasteiger partial charge < -0.3 is 15.6 Å². The lowest BCUT2D eigenvalue weighted by atomic mass is 10.1. The van der Waals surface area contributed by atoms with Gasteiger partial charge in [0.25, 0.3) is 0 Å². The molecule has 4 N–H and O–H groups in total. The van der Waals surface area contributed by atoms with Crippen LogP contribution in [0.5, 0.6) is 0 Å². The monoisotopic (exact) mass is 300 g/mol. The topological polar surface area (TPSA) is 84.6 Å². The number of hydrogen-bond donors (Lipinski definition) is 3. The Kier molecular flexibility index (Phi) is 5.80. The van der Waals surface area contributed by atoms with E-state index in [0.717, 1.165) is 5.56 Å². The van der Waals surface area contributed by atoms with Crippen molar-refractivity contribution in [2.24, 2.45) is 5.73 Å². The maximum absolute atomic E-state index is 11.7. The van der Waals surface area contributed by atoms with Gasteiger partial charge in [0, 0.05) is 6.04 Å². The fourth-order valence-electron chi connectivity index (χ4n) is 1.58. The van der Waals surface area contributed by atoms with E-state index in [1.165, 1.54) is 0 Å². The van der Waals surface area contributed by atoms with Gasteiger partial charge in [-0.05, 0) is 44.9 Å². The summed E-state index contributed by atoms with van der Waals surface area (Å²) in [7, 11) is 0. The molecule has 0 aliphatic carbocycles. The van der Waals surface area contributed by atoms with Gasteiger partial charge in [-0.15, -0.1) is 0 Å². The van der Waals surface area contributed by atoms with Crippen molar-refractivity contribution in [2.45, 2.75) is 38.8 Å². The average molecular weight is 301 g/mol. The molecule has 1 unspecified atom stereocenters. The Labute approximate surface area is 124 Å². The Hall–Kier alpha value is -1.30. The van der Waals surface area contributed by atoms with Crippen molar-refractivity contribution in [2.75, 3.05) is 11.9 Å². The summed E-state index contributed by atoms with van der Waals surface area (Å²) in [6.07, 6.45) is -0.0700. The number of carbonyl (C=O) groups is 1. The Bertz CT molecular complexity index is 472. The standard InChI is InChI=1S/C14H21ClN2O3/c1-14(2,3)20-13(19)17-12-7-9(4-5-11(12)15)6-10(16)8-18/h4-5,7,10,18H,6,8,16H2,1-3H3,(H,17,19). The van der Waals surface area contributed by atoms with E-state index in [1.807, 2.05) is 0 Å². The highest BCUT2D eigenvalue weighted by molar-refractivity contribution is 6.33. The van der Waals surface area contributed by atoms with Gasteiger partial charge in [-0.3, -0.25) is 5.32 Å². The van der Waals surface area contributed by atoms with E-state index in [-0.39, 0.29) is 12.6 Å². The first-order valence-electron chi connectivity index (χ1n) is 6.36. The fraction of sp³-hybridized carbons (Fsp3) is 0.500. The first kappa shape index (κ1) is 16.8. The van der Waals surface area contributed by atoms with Crippen LogP contribution in [0.15, 0.2) is 18.2 Å². The maximum atomic E-state index is 11.7. The van der Waals surface area contributed by atoms with Crippen LogP contribution >= 0.6 is 11.6 Å². The highest BCUT2D eigenvalue weighted by atomic mass is 35.5. The van der Waals surface area contributed by atoms with Crippen LogP contribution in [0.25, 0.3) is 0 Å². The second-order valence-electron chi connectivity index (χ2n) is 5.59. The third-order valence-corrected chi connectivity index (χ3v) is 2.73. The van der Waals surface area contributed by atoms with Crippen LogP contribution in [-0.4, -0.2) is 29.4 Å². The minimum atomic E-state index is -0.576. The fourth-order valence-corrected chi connectivity index (χ4v) is 1.74. The molecule has 0 radical (unpaired) electrons. The molecule has 0 bridgehead atoms. The molecule has 1 atom stereocenters. The van der Waals surface area contributed by atoms with E-state index >= 15 is 0 Å². The highest BCUT2D eigenvalue weighted by Crippen LogP contribution is 2.24. The number of hydrogen-bond acceptors (Lipinski definition) is 4. The summed E-state index contributed by atoms with van der Waals surface area (Å²) in [6.45, 7) is 5.25. The van der Waals surface area contributed by atoms with Crippen LogP contribution in [0.3, 0.4) is 0 Å². The largest absolute Gasteiger partial charge is 0.444 e. The minimum absolute atomic E-state index is 0.0997. The summed E-state index contributed by atoms with van der Waals surface area (Å²) in [6, 6.07) is 4.86. The van der Waals surface area contributed by atoms with Crippen LogP contribution in [0.2, 0.25) is 5.02 Å². The lowest BCUT2D eigenvalue weighted by molar-refractivity contribution is 0.0636. The maximum Gasteiger partial charge on any atom is 0.412 e. The van der Waals surface area contributed by atoms with Gasteiger partial charge in [0.15, 0.2) is 0 Å². The lowest BCUT2D eigenvalue weighted by Crippen LogP contribution is -2.28. The summed E-state index contributed by atoms with van der Waals surface area (Å²) in [4.78, 5) is 11.7. The van der Waals surface area contributed by atoms with Crippen molar-refractivity contribution in [1.29, 1.82) is 0 Å². The van der Waals surface area contributed by atoms with E-state index < -0.39 is 11.7 Å². The number of aliphatic hydroxyl groups excluding tert-OH is 1. The zero-order valence-corrected chi connectivity index (χ0v) is 12.7. The van der Waals surface area contributed by atoms with E-state index in [4.69, 9.17) is 27.2 Å². The zero-order valence-electron chi connectivity index (χ0n) is 11.9. The smallest absolute Gasteiger partial charge is 0.412 e. The molecule has 0 aromatic heterocycles. The van der Waals surface area contributed by atoms with Gasteiger partial charge in [0.2, 0.25) is 0 Å². The normalized spacial score (nSPS) is 12.9. The summed E-state index contributed by atoms with van der Waals surface area (Å²) in [5.41, 5.74) is 6.45. The Morgan fingerprint density at radius 3 is 2.70 bits per heavy atom. The number of rotatable bonds is 4. The van der Waals surface area contributed by atoms with Crippen molar-refractivity contribution >= 4 is 23.4 Å². The molecule has 0 fully saturated rings. The number of aliphatic hydroxyl groups is 1. The molecule has 1 aromatic rings. The molecule has 0 saturated heterocycles. The molecule has 1 aromatic carbocycles. The number of benzene rings is 1. The molecule has 5 nitrogen and oxygen atoms in total.